The Kier molecular flexibility index (Phi) is 5.43. The van der Waals surface area contributed by atoms with Crippen LogP contribution in [0, 0.1) is 6.92 Å². The maximum Gasteiger partial charge on any atom is 0.117 e. The standard InChI is InChI=1S/C12H22N2O/c1-4-7-13-8-10(2)14-9-12-6-5-11(3)15-12/h5-6,10,13-14H,4,7-9H2,1-3H3. The third-order valence-electron chi connectivity index (χ3n) is 2.30. The Bertz CT molecular complexity index is 270. The molecule has 0 aliphatic rings. The summed E-state index contributed by atoms with van der Waals surface area (Å²) in [5.41, 5.74) is 0. The summed E-state index contributed by atoms with van der Waals surface area (Å²) >= 11 is 0. The molecule has 1 aromatic heterocycles. The van der Waals surface area contributed by atoms with E-state index in [4.69, 9.17) is 4.42 Å². The highest BCUT2D eigenvalue weighted by Crippen LogP contribution is 2.05. The van der Waals surface area contributed by atoms with E-state index >= 15 is 0 Å². The number of hydrogen-bond donors (Lipinski definition) is 2. The second kappa shape index (κ2) is 6.64. The van der Waals surface area contributed by atoms with Gasteiger partial charge >= 0.3 is 0 Å². The van der Waals surface area contributed by atoms with Crippen molar-refractivity contribution in [1.29, 1.82) is 0 Å². The SMILES string of the molecule is CCCNCC(C)NCc1ccc(C)o1. The van der Waals surface area contributed by atoms with Gasteiger partial charge in [0.15, 0.2) is 0 Å². The molecule has 0 bridgehead atoms. The van der Waals surface area contributed by atoms with E-state index in [-0.39, 0.29) is 0 Å². The van der Waals surface area contributed by atoms with Crippen molar-refractivity contribution in [2.45, 2.75) is 39.8 Å². The molecule has 0 radical (unpaired) electrons. The molecule has 1 atom stereocenters. The summed E-state index contributed by atoms with van der Waals surface area (Å²) < 4.78 is 5.48. The summed E-state index contributed by atoms with van der Waals surface area (Å²) in [4.78, 5) is 0. The largest absolute Gasteiger partial charge is 0.465 e. The first-order valence-electron chi connectivity index (χ1n) is 5.71. The monoisotopic (exact) mass is 210 g/mol. The van der Waals surface area contributed by atoms with Gasteiger partial charge < -0.3 is 15.1 Å². The maximum absolute atomic E-state index is 5.48. The van der Waals surface area contributed by atoms with Gasteiger partial charge in [0, 0.05) is 12.6 Å². The third kappa shape index (κ3) is 5.00. The van der Waals surface area contributed by atoms with Crippen LogP contribution in [-0.4, -0.2) is 19.1 Å². The first-order valence-corrected chi connectivity index (χ1v) is 5.71. The summed E-state index contributed by atoms with van der Waals surface area (Å²) in [6.45, 7) is 9.23. The molecule has 86 valence electrons. The van der Waals surface area contributed by atoms with Crippen molar-refractivity contribution in [1.82, 2.24) is 10.6 Å². The van der Waals surface area contributed by atoms with Crippen molar-refractivity contribution in [3.05, 3.63) is 23.7 Å². The first-order chi connectivity index (χ1) is 7.22. The van der Waals surface area contributed by atoms with Crippen LogP contribution in [0.15, 0.2) is 16.5 Å². The van der Waals surface area contributed by atoms with Crippen molar-refractivity contribution < 1.29 is 4.42 Å². The van der Waals surface area contributed by atoms with Gasteiger partial charge in [0.1, 0.15) is 11.5 Å². The summed E-state index contributed by atoms with van der Waals surface area (Å²) in [6.07, 6.45) is 1.18. The van der Waals surface area contributed by atoms with Gasteiger partial charge in [-0.15, -0.1) is 0 Å². The summed E-state index contributed by atoms with van der Waals surface area (Å²) in [5, 5.41) is 6.80. The molecular weight excluding hydrogens is 188 g/mol. The Morgan fingerprint density at radius 2 is 2.20 bits per heavy atom. The molecule has 1 unspecified atom stereocenters. The molecule has 0 aliphatic carbocycles. The minimum Gasteiger partial charge on any atom is -0.465 e. The molecule has 0 spiro atoms. The molecule has 1 aromatic rings. The van der Waals surface area contributed by atoms with Crippen LogP contribution in [0.2, 0.25) is 0 Å². The Hall–Kier alpha value is -0.800. The molecule has 0 fully saturated rings. The normalized spacial score (nSPS) is 13.0. The fraction of sp³-hybridized carbons (Fsp3) is 0.667. The minimum absolute atomic E-state index is 0.474. The Labute approximate surface area is 92.2 Å². The lowest BCUT2D eigenvalue weighted by Crippen LogP contribution is -2.36. The van der Waals surface area contributed by atoms with Gasteiger partial charge in [-0.25, -0.2) is 0 Å². The van der Waals surface area contributed by atoms with Crippen LogP contribution in [0.25, 0.3) is 0 Å². The van der Waals surface area contributed by atoms with Crippen molar-refractivity contribution in [2.75, 3.05) is 13.1 Å². The van der Waals surface area contributed by atoms with Crippen LogP contribution in [0.5, 0.6) is 0 Å². The smallest absolute Gasteiger partial charge is 0.117 e. The number of furan rings is 1. The van der Waals surface area contributed by atoms with Crippen LogP contribution < -0.4 is 10.6 Å². The number of aryl methyl sites for hydroxylation is 1. The van der Waals surface area contributed by atoms with E-state index in [1.54, 1.807) is 0 Å². The maximum atomic E-state index is 5.48. The molecule has 2 N–H and O–H groups in total. The van der Waals surface area contributed by atoms with Crippen LogP contribution in [0.1, 0.15) is 31.8 Å². The predicted molar refractivity (Wildman–Crippen MR) is 62.9 cm³/mol. The zero-order valence-electron chi connectivity index (χ0n) is 9.97. The zero-order chi connectivity index (χ0) is 11.1. The third-order valence-corrected chi connectivity index (χ3v) is 2.30. The van der Waals surface area contributed by atoms with E-state index < -0.39 is 0 Å². The second-order valence-corrected chi connectivity index (χ2v) is 4.00. The molecule has 3 nitrogen and oxygen atoms in total. The van der Waals surface area contributed by atoms with Crippen LogP contribution in [0.4, 0.5) is 0 Å². The molecule has 15 heavy (non-hydrogen) atoms. The van der Waals surface area contributed by atoms with Crippen molar-refractivity contribution in [3.8, 4) is 0 Å². The molecule has 0 aliphatic heterocycles. The van der Waals surface area contributed by atoms with Gasteiger partial charge in [0.05, 0.1) is 6.54 Å². The van der Waals surface area contributed by atoms with E-state index in [2.05, 4.69) is 24.5 Å². The van der Waals surface area contributed by atoms with Crippen molar-refractivity contribution >= 4 is 0 Å². The Morgan fingerprint density at radius 3 is 2.80 bits per heavy atom. The van der Waals surface area contributed by atoms with E-state index in [1.165, 1.54) is 6.42 Å². The van der Waals surface area contributed by atoms with E-state index in [0.717, 1.165) is 31.2 Å². The van der Waals surface area contributed by atoms with Gasteiger partial charge in [0.25, 0.3) is 0 Å². The van der Waals surface area contributed by atoms with Crippen LogP contribution >= 0.6 is 0 Å². The summed E-state index contributed by atoms with van der Waals surface area (Å²) in [6, 6.07) is 4.49. The first kappa shape index (κ1) is 12.3. The van der Waals surface area contributed by atoms with Crippen LogP contribution in [-0.2, 0) is 6.54 Å². The summed E-state index contributed by atoms with van der Waals surface area (Å²) in [5.74, 6) is 1.98. The lowest BCUT2D eigenvalue weighted by molar-refractivity contribution is 0.430. The molecule has 1 rings (SSSR count). The van der Waals surface area contributed by atoms with Gasteiger partial charge in [-0.1, -0.05) is 6.92 Å². The lowest BCUT2D eigenvalue weighted by Gasteiger charge is -2.13. The fourth-order valence-electron chi connectivity index (χ4n) is 1.42. The molecule has 0 aromatic carbocycles. The Balaban J connectivity index is 2.13. The van der Waals surface area contributed by atoms with Gasteiger partial charge in [0.2, 0.25) is 0 Å². The van der Waals surface area contributed by atoms with E-state index in [1.807, 2.05) is 19.1 Å². The zero-order valence-corrected chi connectivity index (χ0v) is 9.97. The predicted octanol–water partition coefficient (Wildman–Crippen LogP) is 2.07. The Morgan fingerprint density at radius 1 is 1.40 bits per heavy atom. The average Bonchev–Trinajstić information content (AvgIpc) is 2.62. The van der Waals surface area contributed by atoms with Gasteiger partial charge in [-0.2, -0.15) is 0 Å². The summed E-state index contributed by atoms with van der Waals surface area (Å²) in [7, 11) is 0. The number of hydrogen-bond acceptors (Lipinski definition) is 3. The van der Waals surface area contributed by atoms with E-state index in [0.29, 0.717) is 6.04 Å². The highest BCUT2D eigenvalue weighted by atomic mass is 16.3. The topological polar surface area (TPSA) is 37.2 Å². The quantitative estimate of drug-likeness (QED) is 0.676. The number of nitrogens with one attached hydrogen (secondary N) is 2. The highest BCUT2D eigenvalue weighted by molar-refractivity contribution is 5.05. The molecule has 0 saturated carbocycles. The second-order valence-electron chi connectivity index (χ2n) is 4.00. The van der Waals surface area contributed by atoms with Crippen molar-refractivity contribution in [3.63, 3.8) is 0 Å². The molecular formula is C12H22N2O. The van der Waals surface area contributed by atoms with E-state index in [9.17, 15) is 0 Å². The lowest BCUT2D eigenvalue weighted by atomic mass is 10.3. The molecule has 0 amide bonds. The van der Waals surface area contributed by atoms with Gasteiger partial charge in [-0.05, 0) is 38.9 Å². The fourth-order valence-corrected chi connectivity index (χ4v) is 1.42. The molecule has 3 heteroatoms. The van der Waals surface area contributed by atoms with Gasteiger partial charge in [-0.3, -0.25) is 0 Å². The molecule has 1 heterocycles. The highest BCUT2D eigenvalue weighted by Gasteiger charge is 2.02. The number of rotatable bonds is 7. The van der Waals surface area contributed by atoms with Crippen LogP contribution in [0.3, 0.4) is 0 Å². The average molecular weight is 210 g/mol. The minimum atomic E-state index is 0.474. The molecule has 0 saturated heterocycles. The van der Waals surface area contributed by atoms with Crippen molar-refractivity contribution in [2.24, 2.45) is 0 Å².